The van der Waals surface area contributed by atoms with Crippen LogP contribution in [-0.4, -0.2) is 0 Å². The molecular formula is C81H70N3O3+3. The van der Waals surface area contributed by atoms with Gasteiger partial charge in [0.25, 0.3) is 0 Å². The van der Waals surface area contributed by atoms with E-state index in [-0.39, 0.29) is 5.41 Å². The number of hydrogen-bond acceptors (Lipinski definition) is 3. The van der Waals surface area contributed by atoms with Gasteiger partial charge in [0.2, 0.25) is 17.1 Å². The van der Waals surface area contributed by atoms with Crippen LogP contribution < -0.4 is 13.7 Å². The number of pyridine rings is 3. The van der Waals surface area contributed by atoms with Gasteiger partial charge >= 0.3 is 0 Å². The summed E-state index contributed by atoms with van der Waals surface area (Å²) in [5.74, 6) is 0. The molecule has 6 heteroatoms. The largest absolute Gasteiger partial charge is 0.456 e. The minimum Gasteiger partial charge on any atom is -0.456 e. The zero-order chi connectivity index (χ0) is 60.0. The van der Waals surface area contributed by atoms with Crippen LogP contribution in [0.4, 0.5) is 0 Å². The van der Waals surface area contributed by atoms with Crippen molar-refractivity contribution in [3.8, 4) is 44.9 Å². The van der Waals surface area contributed by atoms with E-state index in [0.29, 0.717) is 0 Å². The molecule has 6 nitrogen and oxygen atoms in total. The number of aromatic nitrogens is 3. The van der Waals surface area contributed by atoms with Crippen LogP contribution in [0.15, 0.2) is 238 Å². The maximum atomic E-state index is 6.42. The minimum atomic E-state index is 0.112. The smallest absolute Gasteiger partial charge is 0.213 e. The highest BCUT2D eigenvalue weighted by molar-refractivity contribution is 6.14. The van der Waals surface area contributed by atoms with Gasteiger partial charge in [-0.2, -0.15) is 0 Å². The Morgan fingerprint density at radius 1 is 0.322 bits per heavy atom. The van der Waals surface area contributed by atoms with Crippen molar-refractivity contribution < 1.29 is 27.0 Å². The van der Waals surface area contributed by atoms with Crippen molar-refractivity contribution in [2.24, 2.45) is 21.1 Å². The molecule has 0 aliphatic rings. The van der Waals surface area contributed by atoms with Crippen LogP contribution in [0.3, 0.4) is 0 Å². The Labute approximate surface area is 507 Å². The molecular weight excluding hydrogens is 1060 g/mol. The third-order valence-corrected chi connectivity index (χ3v) is 18.0. The van der Waals surface area contributed by atoms with Gasteiger partial charge in [-0.3, -0.25) is 0 Å². The molecule has 16 rings (SSSR count). The maximum absolute atomic E-state index is 6.42. The maximum Gasteiger partial charge on any atom is 0.213 e. The molecule has 10 aromatic carbocycles. The van der Waals surface area contributed by atoms with Crippen LogP contribution in [0.1, 0.15) is 54.2 Å². The lowest BCUT2D eigenvalue weighted by Crippen LogP contribution is -2.31. The fourth-order valence-electron chi connectivity index (χ4n) is 13.0. The second-order valence-electron chi connectivity index (χ2n) is 24.8. The molecule has 6 aromatic heterocycles. The van der Waals surface area contributed by atoms with Crippen molar-refractivity contribution in [3.63, 3.8) is 0 Å². The van der Waals surface area contributed by atoms with Crippen LogP contribution in [-0.2, 0) is 26.6 Å². The monoisotopic (exact) mass is 1130 g/mol. The van der Waals surface area contributed by atoms with Crippen molar-refractivity contribution in [1.82, 2.24) is 0 Å². The average molecular weight is 1130 g/mol. The second kappa shape index (κ2) is 21.4. The predicted molar refractivity (Wildman–Crippen MR) is 361 cm³/mol. The first-order valence-corrected chi connectivity index (χ1v) is 30.1. The molecule has 424 valence electrons. The number of nitrogens with zero attached hydrogens (tertiary/aromatic N) is 3. The van der Waals surface area contributed by atoms with Crippen molar-refractivity contribution in [1.29, 1.82) is 0 Å². The van der Waals surface area contributed by atoms with Gasteiger partial charge in [0.1, 0.15) is 54.6 Å². The van der Waals surface area contributed by atoms with E-state index in [9.17, 15) is 0 Å². The molecule has 0 spiro atoms. The Kier molecular flexibility index (Phi) is 13.5. The summed E-state index contributed by atoms with van der Waals surface area (Å²) in [5.41, 5.74) is 23.0. The molecule has 16 aromatic rings. The van der Waals surface area contributed by atoms with E-state index < -0.39 is 0 Å². The Morgan fingerprint density at radius 3 is 1.10 bits per heavy atom. The van der Waals surface area contributed by atoms with E-state index in [1.807, 2.05) is 0 Å². The van der Waals surface area contributed by atoms with E-state index in [0.717, 1.165) is 33.5 Å². The summed E-state index contributed by atoms with van der Waals surface area (Å²) >= 11 is 0. The number of furan rings is 3. The molecule has 6 heterocycles. The van der Waals surface area contributed by atoms with Gasteiger partial charge in [-0.1, -0.05) is 124 Å². The lowest BCUT2D eigenvalue weighted by atomic mass is 9.86. The summed E-state index contributed by atoms with van der Waals surface area (Å²) in [6, 6.07) is 73.6. The molecule has 0 aliphatic heterocycles. The molecule has 0 saturated carbocycles. The first kappa shape index (κ1) is 54.7. The molecule has 0 radical (unpaired) electrons. The Balaban J connectivity index is 0.000000116. The number of benzene rings is 10. The van der Waals surface area contributed by atoms with Gasteiger partial charge in [0.05, 0.1) is 16.7 Å². The Hall–Kier alpha value is -10.2. The van der Waals surface area contributed by atoms with Gasteiger partial charge in [-0.25, -0.2) is 13.7 Å². The number of rotatable bonds is 4. The van der Waals surface area contributed by atoms with Gasteiger partial charge in [0, 0.05) is 84.9 Å². The van der Waals surface area contributed by atoms with Gasteiger partial charge in [0.15, 0.2) is 18.6 Å². The lowest BCUT2D eigenvalue weighted by molar-refractivity contribution is -0.660. The highest BCUT2D eigenvalue weighted by Crippen LogP contribution is 2.41. The summed E-state index contributed by atoms with van der Waals surface area (Å²) < 4.78 is 25.7. The summed E-state index contributed by atoms with van der Waals surface area (Å²) in [4.78, 5) is 0. The summed E-state index contributed by atoms with van der Waals surface area (Å²) in [5, 5.41) is 14.4. The van der Waals surface area contributed by atoms with Crippen molar-refractivity contribution >= 4 is 98.1 Å². The highest BCUT2D eigenvalue weighted by Gasteiger charge is 2.25. The van der Waals surface area contributed by atoms with Crippen molar-refractivity contribution in [3.05, 3.63) is 258 Å². The molecule has 0 bridgehead atoms. The third kappa shape index (κ3) is 9.76. The molecule has 0 atom stereocenters. The highest BCUT2D eigenvalue weighted by atomic mass is 16.3. The standard InChI is InChI=1S/C30H24NO.C27H26NO.C24H20NO/c1-19-18-31(3)28(17-26(19)21-9-5-4-6-10-21)24-13-14-25-27-15-22-11-7-8-12-23(22)16-29(27)32-30(25)20(24)2;1-17-21(24-16-20(27(2,3)4)12-13-28(24)5)10-11-22-23-14-18-8-6-7-9-19(18)15-25(23)29-26(17)22;1-15-10-11-25(3)22(12-15)19-8-9-20-21-13-17-6-4-5-7-18(17)14-23(21)26-24(20)16(19)2/h4-18H,1-3H3;6-16H,1-5H3;4-14H,1-3H3/q3*+1. The van der Waals surface area contributed by atoms with E-state index in [1.165, 1.54) is 143 Å². The van der Waals surface area contributed by atoms with E-state index in [2.05, 4.69) is 315 Å². The number of aryl methyl sites for hydroxylation is 8. The predicted octanol–water partition coefficient (Wildman–Crippen LogP) is 20.2. The third-order valence-electron chi connectivity index (χ3n) is 18.0. The molecule has 0 amide bonds. The summed E-state index contributed by atoms with van der Waals surface area (Å²) in [6.45, 7) is 17.6. The fraction of sp³-hybridized carbons (Fsp3) is 0.148. The second-order valence-corrected chi connectivity index (χ2v) is 24.8. The zero-order valence-electron chi connectivity index (χ0n) is 51.4. The topological polar surface area (TPSA) is 51.1 Å². The number of fused-ring (bicyclic) bond motifs is 12. The van der Waals surface area contributed by atoms with E-state index >= 15 is 0 Å². The summed E-state index contributed by atoms with van der Waals surface area (Å²) in [6.07, 6.45) is 6.48. The van der Waals surface area contributed by atoms with Crippen LogP contribution in [0, 0.1) is 34.6 Å². The molecule has 87 heavy (non-hydrogen) atoms. The molecule has 0 fully saturated rings. The molecule has 0 saturated heterocycles. The number of hydrogen-bond donors (Lipinski definition) is 0. The molecule has 0 aliphatic carbocycles. The van der Waals surface area contributed by atoms with E-state index in [4.69, 9.17) is 13.3 Å². The van der Waals surface area contributed by atoms with Crippen molar-refractivity contribution in [2.45, 2.75) is 60.8 Å². The quantitative estimate of drug-likeness (QED) is 0.165. The lowest BCUT2D eigenvalue weighted by Gasteiger charge is -2.19. The van der Waals surface area contributed by atoms with Gasteiger partial charge in [-0.15, -0.1) is 0 Å². The normalized spacial score (nSPS) is 11.9. The fourth-order valence-corrected chi connectivity index (χ4v) is 13.0. The molecule has 0 N–H and O–H groups in total. The van der Waals surface area contributed by atoms with Crippen LogP contribution in [0.5, 0.6) is 0 Å². The Bertz CT molecular complexity index is 5420. The average Bonchev–Trinajstić information content (AvgIpc) is 2.17. The van der Waals surface area contributed by atoms with Gasteiger partial charge < -0.3 is 13.3 Å². The van der Waals surface area contributed by atoms with E-state index in [1.54, 1.807) is 0 Å². The Morgan fingerprint density at radius 2 is 0.690 bits per heavy atom. The van der Waals surface area contributed by atoms with Gasteiger partial charge in [-0.05, 0) is 167 Å². The van der Waals surface area contributed by atoms with Crippen LogP contribution in [0.25, 0.3) is 143 Å². The molecule has 0 unspecified atom stereocenters. The van der Waals surface area contributed by atoms with Crippen molar-refractivity contribution in [2.75, 3.05) is 0 Å². The minimum absolute atomic E-state index is 0.112. The van der Waals surface area contributed by atoms with Crippen LogP contribution >= 0.6 is 0 Å². The first-order valence-electron chi connectivity index (χ1n) is 30.1. The first-order chi connectivity index (χ1) is 42.0. The summed E-state index contributed by atoms with van der Waals surface area (Å²) in [7, 11) is 6.31. The SMILES string of the molecule is Cc1c(-c2cc(C(C)(C)C)cc[n+]2C)ccc2c1oc1cc3ccccc3cc12.Cc1c[n+](C)c(-c2ccc3c(oc4cc5ccccc5cc43)c2C)cc1-c1ccccc1.Cc1cc[n+](C)c(-c2ccc3c(oc4cc5ccccc5cc43)c2C)c1. The van der Waals surface area contributed by atoms with Crippen LogP contribution in [0.2, 0.25) is 0 Å². The zero-order valence-corrected chi connectivity index (χ0v) is 51.4.